The Morgan fingerprint density at radius 1 is 1.67 bits per heavy atom. The predicted octanol–water partition coefficient (Wildman–Crippen LogP) is 0.624. The van der Waals surface area contributed by atoms with Crippen molar-refractivity contribution in [3.05, 3.63) is 11.9 Å². The molecular weight excluding hydrogens is 232 g/mol. The van der Waals surface area contributed by atoms with Gasteiger partial charge in [-0.2, -0.15) is 5.10 Å². The van der Waals surface area contributed by atoms with Crippen LogP contribution in [0.4, 0.5) is 5.69 Å². The van der Waals surface area contributed by atoms with Gasteiger partial charge in [0.25, 0.3) is 5.91 Å². The molecule has 0 aromatic carbocycles. The Morgan fingerprint density at radius 2 is 2.39 bits per heavy atom. The molecule has 1 aromatic heterocycles. The van der Waals surface area contributed by atoms with E-state index < -0.39 is 0 Å². The number of aromatic nitrogens is 2. The monoisotopic (exact) mass is 254 g/mol. The summed E-state index contributed by atoms with van der Waals surface area (Å²) in [5.41, 5.74) is 6.54. The van der Waals surface area contributed by atoms with Gasteiger partial charge in [0.2, 0.25) is 0 Å². The van der Waals surface area contributed by atoms with Gasteiger partial charge in [-0.15, -0.1) is 0 Å². The Bertz CT molecular complexity index is 389. The van der Waals surface area contributed by atoms with Gasteiger partial charge >= 0.3 is 0 Å². The van der Waals surface area contributed by atoms with Crippen LogP contribution in [0, 0.1) is 5.92 Å². The van der Waals surface area contributed by atoms with Gasteiger partial charge in [-0.05, 0) is 25.7 Å². The van der Waals surface area contributed by atoms with Crippen LogP contribution >= 0.6 is 0 Å². The largest absolute Gasteiger partial charge is 0.396 e. The van der Waals surface area contributed by atoms with Gasteiger partial charge in [-0.3, -0.25) is 9.48 Å². The first-order valence-corrected chi connectivity index (χ1v) is 6.30. The molecule has 0 aliphatic rings. The Labute approximate surface area is 107 Å². The molecule has 0 fully saturated rings. The van der Waals surface area contributed by atoms with Crippen molar-refractivity contribution in [2.75, 3.05) is 18.9 Å². The quantitative estimate of drug-likeness (QED) is 0.622. The van der Waals surface area contributed by atoms with Crippen molar-refractivity contribution in [3.63, 3.8) is 0 Å². The van der Waals surface area contributed by atoms with Crippen molar-refractivity contribution in [1.29, 1.82) is 0 Å². The molecule has 0 saturated heterocycles. The fraction of sp³-hybridized carbons (Fsp3) is 0.667. The van der Waals surface area contributed by atoms with Gasteiger partial charge in [0.05, 0.1) is 11.9 Å². The number of nitrogens with one attached hydrogen (secondary N) is 1. The zero-order chi connectivity index (χ0) is 13.5. The number of aliphatic hydroxyl groups excluding tert-OH is 1. The van der Waals surface area contributed by atoms with E-state index in [1.165, 1.54) is 6.20 Å². The van der Waals surface area contributed by atoms with E-state index in [1.54, 1.807) is 4.68 Å². The summed E-state index contributed by atoms with van der Waals surface area (Å²) < 4.78 is 1.58. The Morgan fingerprint density at radius 3 is 3.00 bits per heavy atom. The molecule has 1 unspecified atom stereocenters. The van der Waals surface area contributed by atoms with Gasteiger partial charge in [0.15, 0.2) is 0 Å². The van der Waals surface area contributed by atoms with Crippen LogP contribution in [0.1, 0.15) is 37.2 Å². The van der Waals surface area contributed by atoms with Crippen molar-refractivity contribution >= 4 is 11.6 Å². The summed E-state index contributed by atoms with van der Waals surface area (Å²) in [4.78, 5) is 11.9. The van der Waals surface area contributed by atoms with Gasteiger partial charge in [-0.25, -0.2) is 0 Å². The second kappa shape index (κ2) is 7.00. The van der Waals surface area contributed by atoms with E-state index in [0.29, 0.717) is 24.5 Å². The summed E-state index contributed by atoms with van der Waals surface area (Å²) in [6.45, 7) is 5.26. The molecule has 1 heterocycles. The Hall–Kier alpha value is -1.56. The number of nitrogens with zero attached hydrogens (tertiary/aromatic N) is 2. The molecule has 4 N–H and O–H groups in total. The number of nitrogens with two attached hydrogens (primary N) is 1. The lowest BCUT2D eigenvalue weighted by atomic mass is 10.1. The highest BCUT2D eigenvalue weighted by Gasteiger charge is 2.15. The van der Waals surface area contributed by atoms with Gasteiger partial charge in [0, 0.05) is 19.7 Å². The van der Waals surface area contributed by atoms with Crippen molar-refractivity contribution in [1.82, 2.24) is 15.1 Å². The summed E-state index contributed by atoms with van der Waals surface area (Å²) in [7, 11) is 0. The lowest BCUT2D eigenvalue weighted by Crippen LogP contribution is -2.28. The molecule has 1 atom stereocenters. The molecular formula is C12H22N4O2. The maximum atomic E-state index is 11.9. The fourth-order valence-corrected chi connectivity index (χ4v) is 1.72. The fourth-order valence-electron chi connectivity index (χ4n) is 1.72. The number of hydrogen-bond donors (Lipinski definition) is 3. The van der Waals surface area contributed by atoms with Crippen LogP contribution < -0.4 is 11.1 Å². The highest BCUT2D eigenvalue weighted by molar-refractivity contribution is 5.97. The highest BCUT2D eigenvalue weighted by atomic mass is 16.3. The minimum Gasteiger partial charge on any atom is -0.396 e. The van der Waals surface area contributed by atoms with Crippen LogP contribution in [-0.2, 0) is 6.54 Å². The summed E-state index contributed by atoms with van der Waals surface area (Å²) in [6, 6.07) is 0. The maximum absolute atomic E-state index is 11.9. The van der Waals surface area contributed by atoms with E-state index in [9.17, 15) is 4.79 Å². The molecule has 0 bridgehead atoms. The summed E-state index contributed by atoms with van der Waals surface area (Å²) in [5, 5.41) is 15.7. The molecule has 0 aliphatic carbocycles. The first-order valence-electron chi connectivity index (χ1n) is 6.30. The molecule has 0 spiro atoms. The predicted molar refractivity (Wildman–Crippen MR) is 70.1 cm³/mol. The van der Waals surface area contributed by atoms with Crippen molar-refractivity contribution in [3.8, 4) is 0 Å². The third-order valence-electron chi connectivity index (χ3n) is 2.85. The zero-order valence-electron chi connectivity index (χ0n) is 11.0. The van der Waals surface area contributed by atoms with Crippen LogP contribution in [0.3, 0.4) is 0 Å². The van der Waals surface area contributed by atoms with Crippen molar-refractivity contribution < 1.29 is 9.90 Å². The second-order valence-electron chi connectivity index (χ2n) is 4.45. The Kier molecular flexibility index (Phi) is 5.64. The standard InChI is InChI=1S/C12H22N4O2/c1-3-16-11(10(13)7-15-16)12(18)14-6-4-5-9(2)8-17/h7,9,17H,3-6,8,13H2,1-2H3,(H,14,18). The average molecular weight is 254 g/mol. The molecule has 18 heavy (non-hydrogen) atoms. The molecule has 6 heteroatoms. The zero-order valence-corrected chi connectivity index (χ0v) is 11.0. The lowest BCUT2D eigenvalue weighted by molar-refractivity contribution is 0.0942. The first-order chi connectivity index (χ1) is 8.60. The van der Waals surface area contributed by atoms with Crippen LogP contribution in [0.2, 0.25) is 0 Å². The molecule has 6 nitrogen and oxygen atoms in total. The van der Waals surface area contributed by atoms with Gasteiger partial charge < -0.3 is 16.2 Å². The van der Waals surface area contributed by atoms with Crippen molar-refractivity contribution in [2.24, 2.45) is 5.92 Å². The number of hydrogen-bond acceptors (Lipinski definition) is 4. The van der Waals surface area contributed by atoms with E-state index in [2.05, 4.69) is 10.4 Å². The van der Waals surface area contributed by atoms with Crippen LogP contribution in [-0.4, -0.2) is 33.9 Å². The van der Waals surface area contributed by atoms with Crippen LogP contribution in [0.25, 0.3) is 0 Å². The molecule has 1 amide bonds. The number of carbonyl (C=O) groups is 1. The van der Waals surface area contributed by atoms with E-state index in [4.69, 9.17) is 10.8 Å². The summed E-state index contributed by atoms with van der Waals surface area (Å²) in [6.07, 6.45) is 3.22. The van der Waals surface area contributed by atoms with E-state index in [1.807, 2.05) is 13.8 Å². The number of aliphatic hydroxyl groups is 1. The van der Waals surface area contributed by atoms with Crippen molar-refractivity contribution in [2.45, 2.75) is 33.2 Å². The summed E-state index contributed by atoms with van der Waals surface area (Å²) >= 11 is 0. The first kappa shape index (κ1) is 14.5. The molecule has 0 saturated carbocycles. The van der Waals surface area contributed by atoms with Gasteiger partial charge in [0.1, 0.15) is 5.69 Å². The number of amides is 1. The minimum atomic E-state index is -0.191. The lowest BCUT2D eigenvalue weighted by Gasteiger charge is -2.09. The number of anilines is 1. The number of aryl methyl sites for hydroxylation is 1. The maximum Gasteiger partial charge on any atom is 0.271 e. The molecule has 1 rings (SSSR count). The topological polar surface area (TPSA) is 93.2 Å². The summed E-state index contributed by atoms with van der Waals surface area (Å²) in [5.74, 6) is 0.0802. The number of rotatable bonds is 7. The van der Waals surface area contributed by atoms with E-state index in [0.717, 1.165) is 12.8 Å². The van der Waals surface area contributed by atoms with E-state index >= 15 is 0 Å². The van der Waals surface area contributed by atoms with Crippen LogP contribution in [0.5, 0.6) is 0 Å². The van der Waals surface area contributed by atoms with Gasteiger partial charge in [-0.1, -0.05) is 6.92 Å². The SMILES string of the molecule is CCn1ncc(N)c1C(=O)NCCCC(C)CO. The molecule has 0 aliphatic heterocycles. The smallest absolute Gasteiger partial charge is 0.271 e. The molecule has 1 aromatic rings. The minimum absolute atomic E-state index is 0.184. The van der Waals surface area contributed by atoms with E-state index in [-0.39, 0.29) is 18.4 Å². The molecule has 102 valence electrons. The molecule has 0 radical (unpaired) electrons. The highest BCUT2D eigenvalue weighted by Crippen LogP contribution is 2.10. The normalized spacial score (nSPS) is 12.4. The number of nitrogen functional groups attached to an aromatic ring is 1. The second-order valence-corrected chi connectivity index (χ2v) is 4.45. The number of carbonyl (C=O) groups excluding carboxylic acids is 1. The average Bonchev–Trinajstić information content (AvgIpc) is 2.75. The third kappa shape index (κ3) is 3.73. The third-order valence-corrected chi connectivity index (χ3v) is 2.85. The Balaban J connectivity index is 2.43. The van der Waals surface area contributed by atoms with Crippen LogP contribution in [0.15, 0.2) is 6.20 Å².